The molecule has 4 nitrogen and oxygen atoms in total. The van der Waals surface area contributed by atoms with Gasteiger partial charge in [0, 0.05) is 12.3 Å². The summed E-state index contributed by atoms with van der Waals surface area (Å²) in [5.74, 6) is 2.09. The van der Waals surface area contributed by atoms with E-state index in [2.05, 4.69) is 29.4 Å². The first-order valence-electron chi connectivity index (χ1n) is 7.10. The molecule has 102 valence electrons. The Kier molecular flexibility index (Phi) is 4.38. The van der Waals surface area contributed by atoms with E-state index in [-0.39, 0.29) is 0 Å². The summed E-state index contributed by atoms with van der Waals surface area (Å²) in [5.41, 5.74) is 0.299. The van der Waals surface area contributed by atoms with E-state index < -0.39 is 0 Å². The third-order valence-corrected chi connectivity index (χ3v) is 4.11. The Labute approximate surface area is 110 Å². The van der Waals surface area contributed by atoms with Gasteiger partial charge in [0.25, 0.3) is 0 Å². The lowest BCUT2D eigenvalue weighted by atomic mass is 9.69. The van der Waals surface area contributed by atoms with Crippen LogP contribution in [0, 0.1) is 5.41 Å². The highest BCUT2D eigenvalue weighted by atomic mass is 16.4. The topological polar surface area (TPSA) is 51.0 Å². The summed E-state index contributed by atoms with van der Waals surface area (Å²) >= 11 is 0. The Hall–Kier alpha value is -0.900. The van der Waals surface area contributed by atoms with Crippen LogP contribution in [0.3, 0.4) is 0 Å². The molecule has 1 saturated carbocycles. The Morgan fingerprint density at radius 2 is 2.17 bits per heavy atom. The molecule has 4 heteroatoms. The zero-order chi connectivity index (χ0) is 13.0. The Bertz CT molecular complexity index is 373. The number of hydrogen-bond acceptors (Lipinski definition) is 4. The molecule has 1 unspecified atom stereocenters. The van der Waals surface area contributed by atoms with Gasteiger partial charge in [-0.3, -0.25) is 0 Å². The summed E-state index contributed by atoms with van der Waals surface area (Å²) < 4.78 is 5.86. The van der Waals surface area contributed by atoms with Crippen molar-refractivity contribution in [3.8, 4) is 0 Å². The smallest absolute Gasteiger partial charge is 0.220 e. The molecule has 1 heterocycles. The first-order valence-corrected chi connectivity index (χ1v) is 7.10. The van der Waals surface area contributed by atoms with E-state index in [4.69, 9.17) is 4.42 Å². The molecule has 1 aromatic heterocycles. The zero-order valence-corrected chi connectivity index (χ0v) is 11.8. The van der Waals surface area contributed by atoms with E-state index in [1.165, 1.54) is 25.7 Å². The van der Waals surface area contributed by atoms with Crippen molar-refractivity contribution in [2.75, 3.05) is 13.6 Å². The standard InChI is InChI=1S/C14H25N3O/c1-14(2)9-5-4-7-11(14)13-17-16-12(18-13)8-6-10-15-3/h11,15H,4-10H2,1-3H3. The van der Waals surface area contributed by atoms with Crippen molar-refractivity contribution in [1.82, 2.24) is 15.5 Å². The molecule has 0 bridgehead atoms. The molecule has 1 atom stereocenters. The average Bonchev–Trinajstić information content (AvgIpc) is 2.77. The molecule has 0 amide bonds. The van der Waals surface area contributed by atoms with Crippen LogP contribution in [0.25, 0.3) is 0 Å². The highest BCUT2D eigenvalue weighted by Crippen LogP contribution is 2.46. The number of nitrogens with zero attached hydrogens (tertiary/aromatic N) is 2. The number of nitrogens with one attached hydrogen (secondary N) is 1. The molecule has 1 aromatic rings. The summed E-state index contributed by atoms with van der Waals surface area (Å²) in [6.07, 6.45) is 6.98. The molecule has 1 aliphatic rings. The minimum absolute atomic E-state index is 0.299. The van der Waals surface area contributed by atoms with Crippen LogP contribution in [-0.4, -0.2) is 23.8 Å². The van der Waals surface area contributed by atoms with Crippen LogP contribution in [0.4, 0.5) is 0 Å². The normalized spacial score (nSPS) is 23.2. The lowest BCUT2D eigenvalue weighted by Crippen LogP contribution is -2.26. The minimum Gasteiger partial charge on any atom is -0.425 e. The fourth-order valence-electron chi connectivity index (χ4n) is 2.88. The summed E-state index contributed by atoms with van der Waals surface area (Å²) in [6.45, 7) is 5.63. The van der Waals surface area contributed by atoms with Gasteiger partial charge < -0.3 is 9.73 Å². The molecule has 0 saturated heterocycles. The van der Waals surface area contributed by atoms with Gasteiger partial charge in [-0.15, -0.1) is 10.2 Å². The molecular weight excluding hydrogens is 226 g/mol. The summed E-state index contributed by atoms with van der Waals surface area (Å²) in [6, 6.07) is 0. The number of aryl methyl sites for hydroxylation is 1. The highest BCUT2D eigenvalue weighted by Gasteiger charge is 2.36. The highest BCUT2D eigenvalue weighted by molar-refractivity contribution is 5.01. The summed E-state index contributed by atoms with van der Waals surface area (Å²) in [7, 11) is 1.96. The molecular formula is C14H25N3O. The van der Waals surface area contributed by atoms with Crippen molar-refractivity contribution in [2.24, 2.45) is 5.41 Å². The van der Waals surface area contributed by atoms with Crippen molar-refractivity contribution >= 4 is 0 Å². The van der Waals surface area contributed by atoms with Crippen molar-refractivity contribution in [3.63, 3.8) is 0 Å². The first-order chi connectivity index (χ1) is 8.63. The quantitative estimate of drug-likeness (QED) is 0.818. The zero-order valence-electron chi connectivity index (χ0n) is 11.8. The van der Waals surface area contributed by atoms with Crippen molar-refractivity contribution < 1.29 is 4.42 Å². The number of aromatic nitrogens is 2. The van der Waals surface area contributed by atoms with Crippen molar-refractivity contribution in [3.05, 3.63) is 11.8 Å². The van der Waals surface area contributed by atoms with Crippen LogP contribution in [0.15, 0.2) is 4.42 Å². The van der Waals surface area contributed by atoms with Crippen LogP contribution < -0.4 is 5.32 Å². The molecule has 0 aromatic carbocycles. The van der Waals surface area contributed by atoms with Gasteiger partial charge in [0.05, 0.1) is 0 Å². The second kappa shape index (κ2) is 5.83. The van der Waals surface area contributed by atoms with Crippen molar-refractivity contribution in [2.45, 2.75) is 58.3 Å². The molecule has 1 N–H and O–H groups in total. The van der Waals surface area contributed by atoms with E-state index in [9.17, 15) is 0 Å². The maximum Gasteiger partial charge on any atom is 0.220 e. The molecule has 0 radical (unpaired) electrons. The maximum absolute atomic E-state index is 5.86. The summed E-state index contributed by atoms with van der Waals surface area (Å²) in [5, 5.41) is 11.6. The molecule has 0 aliphatic heterocycles. The molecule has 2 rings (SSSR count). The fourth-order valence-corrected chi connectivity index (χ4v) is 2.88. The monoisotopic (exact) mass is 251 g/mol. The summed E-state index contributed by atoms with van der Waals surface area (Å²) in [4.78, 5) is 0. The van der Waals surface area contributed by atoms with Crippen LogP contribution >= 0.6 is 0 Å². The lowest BCUT2D eigenvalue weighted by Gasteiger charge is -2.36. The predicted molar refractivity (Wildman–Crippen MR) is 71.5 cm³/mol. The average molecular weight is 251 g/mol. The minimum atomic E-state index is 0.299. The van der Waals surface area contributed by atoms with Gasteiger partial charge in [0.2, 0.25) is 11.8 Å². The van der Waals surface area contributed by atoms with Gasteiger partial charge in [-0.25, -0.2) is 0 Å². The SMILES string of the molecule is CNCCCc1nnc(C2CCCCC2(C)C)o1. The van der Waals surface area contributed by atoms with E-state index in [0.717, 1.165) is 31.2 Å². The van der Waals surface area contributed by atoms with Crippen LogP contribution in [0.1, 0.15) is 63.7 Å². The van der Waals surface area contributed by atoms with E-state index >= 15 is 0 Å². The second-order valence-corrected chi connectivity index (χ2v) is 6.03. The van der Waals surface area contributed by atoms with Crippen LogP contribution in [-0.2, 0) is 6.42 Å². The third kappa shape index (κ3) is 3.10. The molecule has 0 spiro atoms. The molecule has 1 fully saturated rings. The Morgan fingerprint density at radius 3 is 2.89 bits per heavy atom. The molecule has 18 heavy (non-hydrogen) atoms. The first kappa shape index (κ1) is 13.5. The van der Waals surface area contributed by atoms with Gasteiger partial charge in [-0.1, -0.05) is 26.7 Å². The lowest BCUT2D eigenvalue weighted by molar-refractivity contribution is 0.171. The molecule has 1 aliphatic carbocycles. The van der Waals surface area contributed by atoms with Crippen LogP contribution in [0.2, 0.25) is 0 Å². The van der Waals surface area contributed by atoms with Gasteiger partial charge in [-0.2, -0.15) is 0 Å². The largest absolute Gasteiger partial charge is 0.425 e. The predicted octanol–water partition coefficient (Wildman–Crippen LogP) is 2.91. The van der Waals surface area contributed by atoms with E-state index in [0.29, 0.717) is 11.3 Å². The van der Waals surface area contributed by atoms with Crippen molar-refractivity contribution in [1.29, 1.82) is 0 Å². The van der Waals surface area contributed by atoms with Crippen LogP contribution in [0.5, 0.6) is 0 Å². The van der Waals surface area contributed by atoms with Gasteiger partial charge >= 0.3 is 0 Å². The fraction of sp³-hybridized carbons (Fsp3) is 0.857. The Balaban J connectivity index is 2.00. The van der Waals surface area contributed by atoms with E-state index in [1.54, 1.807) is 0 Å². The van der Waals surface area contributed by atoms with E-state index in [1.807, 2.05) is 7.05 Å². The number of rotatable bonds is 5. The van der Waals surface area contributed by atoms with Gasteiger partial charge in [0.15, 0.2) is 0 Å². The second-order valence-electron chi connectivity index (χ2n) is 6.03. The van der Waals surface area contributed by atoms with Gasteiger partial charge in [0.1, 0.15) is 0 Å². The maximum atomic E-state index is 5.86. The Morgan fingerprint density at radius 1 is 1.33 bits per heavy atom. The number of hydrogen-bond donors (Lipinski definition) is 1. The van der Waals surface area contributed by atoms with Gasteiger partial charge in [-0.05, 0) is 38.3 Å². The third-order valence-electron chi connectivity index (χ3n) is 4.11.